The fraction of sp³-hybridized carbons (Fsp3) is 0.308. The van der Waals surface area contributed by atoms with Gasteiger partial charge >= 0.3 is 5.97 Å². The van der Waals surface area contributed by atoms with Gasteiger partial charge in [-0.15, -0.1) is 0 Å². The van der Waals surface area contributed by atoms with E-state index < -0.39 is 11.4 Å². The Kier molecular flexibility index (Phi) is 6.17. The Hall–Kier alpha value is -3.54. The topological polar surface area (TPSA) is 82.1 Å². The Balaban J connectivity index is 2.42. The standard InChI is InChI=1S/C26H28O6/c1-14-15(2)24(27)26(4,19-12-13-20(30-5)23(32-7)22(19)31-6)16(3)21(14)17-10-8-9-11-18(17)25(28)29/h8-13H,1-7H3,(H,28,29). The van der Waals surface area contributed by atoms with E-state index in [1.54, 1.807) is 43.3 Å². The van der Waals surface area contributed by atoms with Crippen LogP contribution in [-0.2, 0) is 10.2 Å². The first-order chi connectivity index (χ1) is 15.1. The summed E-state index contributed by atoms with van der Waals surface area (Å²) in [5.74, 6) is 0.190. The van der Waals surface area contributed by atoms with Crippen molar-refractivity contribution in [1.29, 1.82) is 0 Å². The van der Waals surface area contributed by atoms with Gasteiger partial charge in [0.1, 0.15) is 0 Å². The summed E-state index contributed by atoms with van der Waals surface area (Å²) < 4.78 is 16.6. The molecule has 0 bridgehead atoms. The Morgan fingerprint density at radius 1 is 0.875 bits per heavy atom. The normalized spacial score (nSPS) is 18.7. The molecule has 0 spiro atoms. The van der Waals surface area contributed by atoms with Gasteiger partial charge in [0.15, 0.2) is 17.3 Å². The number of hydrogen-bond donors (Lipinski definition) is 1. The van der Waals surface area contributed by atoms with Crippen molar-refractivity contribution >= 4 is 17.3 Å². The van der Waals surface area contributed by atoms with Crippen LogP contribution in [0, 0.1) is 0 Å². The number of carbonyl (C=O) groups is 2. The van der Waals surface area contributed by atoms with Gasteiger partial charge in [0.05, 0.1) is 32.3 Å². The summed E-state index contributed by atoms with van der Waals surface area (Å²) in [6.07, 6.45) is 0. The molecule has 1 unspecified atom stereocenters. The van der Waals surface area contributed by atoms with E-state index >= 15 is 0 Å². The van der Waals surface area contributed by atoms with Crippen molar-refractivity contribution in [3.8, 4) is 17.2 Å². The number of Topliss-reactive ketones (excluding diaryl/α,β-unsaturated/α-hetero) is 1. The molecule has 32 heavy (non-hydrogen) atoms. The molecule has 0 amide bonds. The largest absolute Gasteiger partial charge is 0.493 e. The van der Waals surface area contributed by atoms with Crippen molar-refractivity contribution in [3.63, 3.8) is 0 Å². The van der Waals surface area contributed by atoms with E-state index in [1.165, 1.54) is 21.3 Å². The van der Waals surface area contributed by atoms with Gasteiger partial charge in [-0.05, 0) is 67.7 Å². The molecule has 0 heterocycles. The van der Waals surface area contributed by atoms with Crippen molar-refractivity contribution in [3.05, 3.63) is 69.8 Å². The molecule has 0 saturated carbocycles. The molecule has 2 aromatic rings. The number of hydrogen-bond acceptors (Lipinski definition) is 5. The molecule has 6 heteroatoms. The number of carboxylic acid groups (broad SMARTS) is 1. The highest BCUT2D eigenvalue weighted by Crippen LogP contribution is 2.52. The molecule has 0 aliphatic heterocycles. The smallest absolute Gasteiger partial charge is 0.336 e. The SMILES string of the molecule is COc1ccc(C2(C)C(=O)C(C)=C(C)C(c3ccccc3C(=O)O)=C2C)c(OC)c1OC. The second-order valence-electron chi connectivity index (χ2n) is 7.94. The Morgan fingerprint density at radius 3 is 2.06 bits per heavy atom. The van der Waals surface area contributed by atoms with Gasteiger partial charge in [0.2, 0.25) is 5.75 Å². The number of methoxy groups -OCH3 is 3. The predicted molar refractivity (Wildman–Crippen MR) is 123 cm³/mol. The summed E-state index contributed by atoms with van der Waals surface area (Å²) in [6, 6.07) is 10.4. The lowest BCUT2D eigenvalue weighted by atomic mass is 9.63. The maximum absolute atomic E-state index is 13.8. The number of benzene rings is 2. The molecule has 1 atom stereocenters. The van der Waals surface area contributed by atoms with Crippen LogP contribution in [0.25, 0.3) is 5.57 Å². The highest BCUT2D eigenvalue weighted by atomic mass is 16.5. The van der Waals surface area contributed by atoms with Crippen LogP contribution in [0.5, 0.6) is 17.2 Å². The summed E-state index contributed by atoms with van der Waals surface area (Å²) in [6.45, 7) is 7.35. The van der Waals surface area contributed by atoms with Crippen LogP contribution in [0.15, 0.2) is 53.1 Å². The van der Waals surface area contributed by atoms with E-state index in [1.807, 2.05) is 20.8 Å². The van der Waals surface area contributed by atoms with Gasteiger partial charge in [-0.25, -0.2) is 4.79 Å². The van der Waals surface area contributed by atoms with E-state index in [4.69, 9.17) is 14.2 Å². The van der Waals surface area contributed by atoms with Crippen LogP contribution >= 0.6 is 0 Å². The molecule has 1 N–H and O–H groups in total. The Morgan fingerprint density at radius 2 is 1.50 bits per heavy atom. The molecule has 2 aromatic carbocycles. The molecule has 1 aliphatic carbocycles. The quantitative estimate of drug-likeness (QED) is 0.682. The van der Waals surface area contributed by atoms with Crippen molar-refractivity contribution in [1.82, 2.24) is 0 Å². The van der Waals surface area contributed by atoms with Crippen molar-refractivity contribution < 1.29 is 28.9 Å². The van der Waals surface area contributed by atoms with Crippen molar-refractivity contribution in [2.24, 2.45) is 0 Å². The third-order valence-electron chi connectivity index (χ3n) is 6.53. The van der Waals surface area contributed by atoms with Crippen LogP contribution < -0.4 is 14.2 Å². The number of ether oxygens (including phenoxy) is 3. The molecular formula is C26H28O6. The predicted octanol–water partition coefficient (Wildman–Crippen LogP) is 5.06. The highest BCUT2D eigenvalue weighted by molar-refractivity contribution is 6.14. The number of carboxylic acids is 1. The van der Waals surface area contributed by atoms with E-state index in [2.05, 4.69) is 0 Å². The molecule has 3 rings (SSSR count). The summed E-state index contributed by atoms with van der Waals surface area (Å²) in [7, 11) is 4.57. The number of allylic oxidation sites excluding steroid dienone is 4. The zero-order chi connectivity index (χ0) is 23.8. The van der Waals surface area contributed by atoms with Crippen LogP contribution in [-0.4, -0.2) is 38.2 Å². The number of aromatic carboxylic acids is 1. The molecule has 1 aliphatic rings. The second-order valence-corrected chi connectivity index (χ2v) is 7.94. The maximum Gasteiger partial charge on any atom is 0.336 e. The minimum Gasteiger partial charge on any atom is -0.493 e. The monoisotopic (exact) mass is 436 g/mol. The minimum absolute atomic E-state index is 0.0745. The van der Waals surface area contributed by atoms with Gasteiger partial charge < -0.3 is 19.3 Å². The summed E-state index contributed by atoms with van der Waals surface area (Å²) in [5, 5.41) is 9.79. The fourth-order valence-electron chi connectivity index (χ4n) is 4.55. The third-order valence-corrected chi connectivity index (χ3v) is 6.53. The number of rotatable bonds is 6. The van der Waals surface area contributed by atoms with Gasteiger partial charge in [-0.3, -0.25) is 4.79 Å². The zero-order valence-electron chi connectivity index (χ0n) is 19.5. The van der Waals surface area contributed by atoms with Gasteiger partial charge in [-0.1, -0.05) is 24.3 Å². The molecular weight excluding hydrogens is 408 g/mol. The molecule has 0 saturated heterocycles. The lowest BCUT2D eigenvalue weighted by Gasteiger charge is -2.38. The fourth-order valence-corrected chi connectivity index (χ4v) is 4.55. The van der Waals surface area contributed by atoms with Crippen LogP contribution in [0.4, 0.5) is 0 Å². The van der Waals surface area contributed by atoms with Crippen LogP contribution in [0.1, 0.15) is 49.2 Å². The minimum atomic E-state index is -1.10. The van der Waals surface area contributed by atoms with E-state index in [-0.39, 0.29) is 11.3 Å². The molecule has 0 radical (unpaired) electrons. The molecule has 168 valence electrons. The first kappa shape index (κ1) is 23.1. The number of carbonyl (C=O) groups excluding carboxylic acids is 1. The molecule has 0 aromatic heterocycles. The van der Waals surface area contributed by atoms with Gasteiger partial charge in [-0.2, -0.15) is 0 Å². The zero-order valence-corrected chi connectivity index (χ0v) is 19.5. The molecule has 0 fully saturated rings. The van der Waals surface area contributed by atoms with Crippen LogP contribution in [0.2, 0.25) is 0 Å². The summed E-state index contributed by atoms with van der Waals surface area (Å²) >= 11 is 0. The lowest BCUT2D eigenvalue weighted by molar-refractivity contribution is -0.119. The van der Waals surface area contributed by atoms with E-state index in [0.29, 0.717) is 33.9 Å². The molecule has 6 nitrogen and oxygen atoms in total. The Labute approximate surface area is 188 Å². The number of ketones is 1. The first-order valence-electron chi connectivity index (χ1n) is 10.2. The summed E-state index contributed by atoms with van der Waals surface area (Å²) in [4.78, 5) is 25.7. The van der Waals surface area contributed by atoms with Gasteiger partial charge in [0, 0.05) is 5.56 Å². The lowest BCUT2D eigenvalue weighted by Crippen LogP contribution is -2.39. The van der Waals surface area contributed by atoms with Crippen LogP contribution in [0.3, 0.4) is 0 Å². The average Bonchev–Trinajstić information content (AvgIpc) is 2.80. The second kappa shape index (κ2) is 8.54. The summed E-state index contributed by atoms with van der Waals surface area (Å²) in [5.41, 5.74) is 3.11. The van der Waals surface area contributed by atoms with Crippen molar-refractivity contribution in [2.75, 3.05) is 21.3 Å². The Bertz CT molecular complexity index is 1170. The average molecular weight is 437 g/mol. The third kappa shape index (κ3) is 3.27. The maximum atomic E-state index is 13.8. The highest BCUT2D eigenvalue weighted by Gasteiger charge is 2.46. The first-order valence-corrected chi connectivity index (χ1v) is 10.2. The van der Waals surface area contributed by atoms with E-state index in [0.717, 1.165) is 16.7 Å². The van der Waals surface area contributed by atoms with Gasteiger partial charge in [0.25, 0.3) is 0 Å². The van der Waals surface area contributed by atoms with Crippen molar-refractivity contribution in [2.45, 2.75) is 33.1 Å². The van der Waals surface area contributed by atoms with E-state index in [9.17, 15) is 14.7 Å².